The lowest BCUT2D eigenvalue weighted by Crippen LogP contribution is -2.22. The molecule has 1 atom stereocenters. The molecule has 2 rings (SSSR count). The number of fused-ring (bicyclic) bond motifs is 1. The first-order chi connectivity index (χ1) is 9.04. The smallest absolute Gasteiger partial charge is 0.341 e. The second kappa shape index (κ2) is 5.30. The molecule has 0 saturated carbocycles. The molecule has 19 heavy (non-hydrogen) atoms. The maximum atomic E-state index is 12.3. The second-order valence-electron chi connectivity index (χ2n) is 4.61. The average molecular weight is 264 g/mol. The van der Waals surface area contributed by atoms with Crippen molar-refractivity contribution in [2.75, 3.05) is 13.7 Å². The molecule has 102 valence electrons. The summed E-state index contributed by atoms with van der Waals surface area (Å²) in [5.74, 6) is -0.180. The van der Waals surface area contributed by atoms with Crippen LogP contribution in [-0.4, -0.2) is 30.6 Å². The molecular formula is C14H16O5. The van der Waals surface area contributed by atoms with Gasteiger partial charge in [0.2, 0.25) is 0 Å². The predicted molar refractivity (Wildman–Crippen MR) is 67.9 cm³/mol. The van der Waals surface area contributed by atoms with E-state index in [2.05, 4.69) is 0 Å². The zero-order valence-corrected chi connectivity index (χ0v) is 10.9. The molecule has 0 radical (unpaired) electrons. The number of ether oxygens (including phenoxy) is 2. The first-order valence-corrected chi connectivity index (χ1v) is 6.13. The van der Waals surface area contributed by atoms with Crippen molar-refractivity contribution < 1.29 is 24.2 Å². The molecule has 1 aliphatic carbocycles. The van der Waals surface area contributed by atoms with E-state index in [1.54, 1.807) is 19.2 Å². The van der Waals surface area contributed by atoms with Gasteiger partial charge in [-0.1, -0.05) is 6.92 Å². The summed E-state index contributed by atoms with van der Waals surface area (Å²) in [5.41, 5.74) is 1.29. The lowest BCUT2D eigenvalue weighted by molar-refractivity contribution is -0.139. The van der Waals surface area contributed by atoms with E-state index in [1.165, 1.54) is 0 Å². The molecule has 0 amide bonds. The van der Waals surface area contributed by atoms with Gasteiger partial charge in [0.05, 0.1) is 12.7 Å². The molecule has 0 aromatic heterocycles. The summed E-state index contributed by atoms with van der Waals surface area (Å²) in [6.45, 7) is 1.41. The van der Waals surface area contributed by atoms with E-state index in [0.29, 0.717) is 17.1 Å². The number of ketones is 1. The number of aliphatic carboxylic acids is 1. The predicted octanol–water partition coefficient (Wildman–Crippen LogP) is 1.92. The van der Waals surface area contributed by atoms with Gasteiger partial charge in [0.15, 0.2) is 12.4 Å². The Hall–Kier alpha value is -2.04. The largest absolute Gasteiger partial charge is 0.496 e. The maximum Gasteiger partial charge on any atom is 0.341 e. The van der Waals surface area contributed by atoms with Crippen molar-refractivity contribution in [3.05, 3.63) is 23.3 Å². The maximum absolute atomic E-state index is 12.3. The summed E-state index contributed by atoms with van der Waals surface area (Å²) in [5, 5.41) is 8.66. The van der Waals surface area contributed by atoms with Crippen LogP contribution in [0.1, 0.15) is 29.3 Å². The molecule has 0 saturated heterocycles. The molecule has 0 unspecified atom stereocenters. The van der Waals surface area contributed by atoms with Crippen LogP contribution >= 0.6 is 0 Å². The molecule has 0 aliphatic heterocycles. The fourth-order valence-corrected chi connectivity index (χ4v) is 2.31. The highest BCUT2D eigenvalue weighted by Crippen LogP contribution is 2.37. The Morgan fingerprint density at radius 3 is 2.74 bits per heavy atom. The third kappa shape index (κ3) is 2.54. The highest BCUT2D eigenvalue weighted by atomic mass is 16.5. The molecule has 1 aromatic carbocycles. The van der Waals surface area contributed by atoms with Gasteiger partial charge in [-0.25, -0.2) is 4.79 Å². The number of carboxylic acid groups (broad SMARTS) is 1. The van der Waals surface area contributed by atoms with Crippen LogP contribution in [0.5, 0.6) is 11.5 Å². The fourth-order valence-electron chi connectivity index (χ4n) is 2.31. The molecule has 1 aliphatic rings. The zero-order valence-electron chi connectivity index (χ0n) is 10.9. The molecule has 0 bridgehead atoms. The number of rotatable bonds is 4. The Morgan fingerprint density at radius 2 is 2.11 bits per heavy atom. The van der Waals surface area contributed by atoms with Crippen LogP contribution in [0, 0.1) is 5.92 Å². The standard InChI is InChI=1S/C14H16O5/c1-8-3-4-9-10(18-2)5-6-11(13(9)14(8)17)19-7-12(15)16/h5-6,8H,3-4,7H2,1-2H3,(H,15,16)/t8-/m0/s1. The normalized spacial score (nSPS) is 17.8. The Morgan fingerprint density at radius 1 is 1.42 bits per heavy atom. The minimum Gasteiger partial charge on any atom is -0.496 e. The van der Waals surface area contributed by atoms with Crippen LogP contribution in [-0.2, 0) is 11.2 Å². The minimum absolute atomic E-state index is 0.0134. The van der Waals surface area contributed by atoms with E-state index in [9.17, 15) is 9.59 Å². The first kappa shape index (κ1) is 13.4. The second-order valence-corrected chi connectivity index (χ2v) is 4.61. The Labute approximate surface area is 111 Å². The number of carbonyl (C=O) groups excluding carboxylic acids is 1. The summed E-state index contributed by atoms with van der Waals surface area (Å²) < 4.78 is 10.5. The van der Waals surface area contributed by atoms with Crippen molar-refractivity contribution in [1.29, 1.82) is 0 Å². The Bertz CT molecular complexity index is 521. The van der Waals surface area contributed by atoms with Gasteiger partial charge in [0.1, 0.15) is 11.5 Å². The topological polar surface area (TPSA) is 72.8 Å². The first-order valence-electron chi connectivity index (χ1n) is 6.13. The quantitative estimate of drug-likeness (QED) is 0.899. The molecule has 5 nitrogen and oxygen atoms in total. The van der Waals surface area contributed by atoms with Gasteiger partial charge in [0.25, 0.3) is 0 Å². The number of carbonyl (C=O) groups is 2. The molecule has 0 spiro atoms. The van der Waals surface area contributed by atoms with Gasteiger partial charge in [-0.2, -0.15) is 0 Å². The van der Waals surface area contributed by atoms with Gasteiger partial charge >= 0.3 is 5.97 Å². The van der Waals surface area contributed by atoms with E-state index in [-0.39, 0.29) is 11.7 Å². The van der Waals surface area contributed by atoms with Crippen molar-refractivity contribution in [2.24, 2.45) is 5.92 Å². The zero-order chi connectivity index (χ0) is 14.0. The number of benzene rings is 1. The number of carboxylic acids is 1. The van der Waals surface area contributed by atoms with E-state index in [0.717, 1.165) is 18.4 Å². The highest BCUT2D eigenvalue weighted by Gasteiger charge is 2.30. The van der Waals surface area contributed by atoms with Crippen molar-refractivity contribution >= 4 is 11.8 Å². The van der Waals surface area contributed by atoms with Crippen LogP contribution in [0.3, 0.4) is 0 Å². The van der Waals surface area contributed by atoms with E-state index in [1.807, 2.05) is 6.92 Å². The summed E-state index contributed by atoms with van der Waals surface area (Å²) in [6, 6.07) is 3.30. The van der Waals surface area contributed by atoms with Gasteiger partial charge in [-0.05, 0) is 25.0 Å². The summed E-state index contributed by atoms with van der Waals surface area (Å²) >= 11 is 0. The third-order valence-electron chi connectivity index (χ3n) is 3.32. The van der Waals surface area contributed by atoms with Gasteiger partial charge in [-0.3, -0.25) is 4.79 Å². The molecule has 0 fully saturated rings. The average Bonchev–Trinajstić information content (AvgIpc) is 2.39. The van der Waals surface area contributed by atoms with Crippen LogP contribution in [0.15, 0.2) is 12.1 Å². The number of hydrogen-bond donors (Lipinski definition) is 1. The number of Topliss-reactive ketones (excluding diaryl/α,β-unsaturated/α-hetero) is 1. The Kier molecular flexibility index (Phi) is 3.74. The molecule has 1 aromatic rings. The van der Waals surface area contributed by atoms with Gasteiger partial charge < -0.3 is 14.6 Å². The lowest BCUT2D eigenvalue weighted by atomic mass is 9.83. The molecule has 0 heterocycles. The van der Waals surface area contributed by atoms with Crippen molar-refractivity contribution in [1.82, 2.24) is 0 Å². The van der Waals surface area contributed by atoms with Gasteiger partial charge in [-0.15, -0.1) is 0 Å². The molecule has 1 N–H and O–H groups in total. The van der Waals surface area contributed by atoms with Crippen molar-refractivity contribution in [3.63, 3.8) is 0 Å². The van der Waals surface area contributed by atoms with Crippen LogP contribution in [0.4, 0.5) is 0 Å². The SMILES string of the molecule is COc1ccc(OCC(=O)O)c2c1CC[C@H](C)C2=O. The lowest BCUT2D eigenvalue weighted by Gasteiger charge is -2.24. The van der Waals surface area contributed by atoms with Crippen molar-refractivity contribution in [2.45, 2.75) is 19.8 Å². The number of hydrogen-bond acceptors (Lipinski definition) is 4. The van der Waals surface area contributed by atoms with E-state index >= 15 is 0 Å². The Balaban J connectivity index is 2.45. The summed E-state index contributed by atoms with van der Waals surface area (Å²) in [7, 11) is 1.55. The van der Waals surface area contributed by atoms with Gasteiger partial charge in [0, 0.05) is 11.5 Å². The number of methoxy groups -OCH3 is 1. The van der Waals surface area contributed by atoms with Crippen molar-refractivity contribution in [3.8, 4) is 11.5 Å². The summed E-state index contributed by atoms with van der Waals surface area (Å²) in [6.07, 6.45) is 1.50. The monoisotopic (exact) mass is 264 g/mol. The van der Waals surface area contributed by atoms with Crippen LogP contribution in [0.25, 0.3) is 0 Å². The van der Waals surface area contributed by atoms with Crippen LogP contribution < -0.4 is 9.47 Å². The minimum atomic E-state index is -1.07. The molecular weight excluding hydrogens is 248 g/mol. The fraction of sp³-hybridized carbons (Fsp3) is 0.429. The molecule has 5 heteroatoms. The van der Waals surface area contributed by atoms with E-state index < -0.39 is 12.6 Å². The van der Waals surface area contributed by atoms with E-state index in [4.69, 9.17) is 14.6 Å². The third-order valence-corrected chi connectivity index (χ3v) is 3.32. The highest BCUT2D eigenvalue weighted by molar-refractivity contribution is 6.03. The summed E-state index contributed by atoms with van der Waals surface area (Å²) in [4.78, 5) is 22.8. The van der Waals surface area contributed by atoms with Crippen LogP contribution in [0.2, 0.25) is 0 Å².